The fourth-order valence-electron chi connectivity index (χ4n) is 2.78. The highest BCUT2D eigenvalue weighted by Gasteiger charge is 2.15. The number of amides is 1. The van der Waals surface area contributed by atoms with Gasteiger partial charge >= 0.3 is 0 Å². The zero-order valence-corrected chi connectivity index (χ0v) is 17.6. The van der Waals surface area contributed by atoms with Gasteiger partial charge in [0.1, 0.15) is 0 Å². The molecule has 0 aliphatic rings. The number of sulfonamides is 1. The molecule has 29 heavy (non-hydrogen) atoms. The lowest BCUT2D eigenvalue weighted by Gasteiger charge is -2.18. The van der Waals surface area contributed by atoms with Crippen LogP contribution in [-0.4, -0.2) is 38.9 Å². The van der Waals surface area contributed by atoms with E-state index in [9.17, 15) is 13.2 Å². The van der Waals surface area contributed by atoms with E-state index in [0.29, 0.717) is 6.54 Å². The van der Waals surface area contributed by atoms with Gasteiger partial charge in [0.15, 0.2) is 0 Å². The van der Waals surface area contributed by atoms with Crippen molar-refractivity contribution in [3.8, 4) is 12.3 Å². The Balaban J connectivity index is 1.99. The summed E-state index contributed by atoms with van der Waals surface area (Å²) in [6.07, 6.45) is 5.09. The van der Waals surface area contributed by atoms with Crippen LogP contribution in [0.15, 0.2) is 53.4 Å². The van der Waals surface area contributed by atoms with Gasteiger partial charge < -0.3 is 5.32 Å². The number of carbonyl (C=O) groups is 1. The first-order valence-electron chi connectivity index (χ1n) is 9.51. The quantitative estimate of drug-likeness (QED) is 0.586. The topological polar surface area (TPSA) is 78.5 Å². The second-order valence-electron chi connectivity index (χ2n) is 6.52. The van der Waals surface area contributed by atoms with E-state index >= 15 is 0 Å². The molecule has 2 aromatic rings. The third-order valence-corrected chi connectivity index (χ3v) is 5.95. The highest BCUT2D eigenvalue weighted by molar-refractivity contribution is 7.89. The summed E-state index contributed by atoms with van der Waals surface area (Å²) < 4.78 is 26.6. The molecule has 0 atom stereocenters. The van der Waals surface area contributed by atoms with E-state index in [1.807, 2.05) is 12.1 Å². The molecule has 2 aromatic carbocycles. The molecule has 6 nitrogen and oxygen atoms in total. The Morgan fingerprint density at radius 2 is 1.72 bits per heavy atom. The number of terminal acetylenes is 1. The molecule has 0 fully saturated rings. The van der Waals surface area contributed by atoms with Crippen molar-refractivity contribution in [1.82, 2.24) is 14.9 Å². The molecule has 0 heterocycles. The fraction of sp³-hybridized carbons (Fsp3) is 0.318. The van der Waals surface area contributed by atoms with E-state index < -0.39 is 10.0 Å². The molecule has 2 rings (SSSR count). The number of rotatable bonds is 10. The average Bonchev–Trinajstić information content (AvgIpc) is 2.75. The standard InChI is InChI=1S/C22H27N3O3S/c1-4-14-24-29(27,28)21-9-7-8-20(15-21)22(26)23-16-18-10-12-19(13-11-18)17-25(5-2)6-3/h1,7-13,15,24H,5-6,14,16-17H2,2-3H3,(H,23,26). The molecule has 0 unspecified atom stereocenters. The maximum Gasteiger partial charge on any atom is 0.251 e. The smallest absolute Gasteiger partial charge is 0.251 e. The zero-order chi connectivity index (χ0) is 21.3. The molecule has 2 N–H and O–H groups in total. The fourth-order valence-corrected chi connectivity index (χ4v) is 3.76. The minimum Gasteiger partial charge on any atom is -0.348 e. The van der Waals surface area contributed by atoms with Crippen LogP contribution in [0.1, 0.15) is 35.3 Å². The Hall–Kier alpha value is -2.66. The summed E-state index contributed by atoms with van der Waals surface area (Å²) in [5, 5.41) is 2.82. The Labute approximate surface area is 173 Å². The van der Waals surface area contributed by atoms with Crippen molar-refractivity contribution in [2.24, 2.45) is 0 Å². The summed E-state index contributed by atoms with van der Waals surface area (Å²) in [5.41, 5.74) is 2.47. The summed E-state index contributed by atoms with van der Waals surface area (Å²) in [6, 6.07) is 14.0. The number of hydrogen-bond donors (Lipinski definition) is 2. The Morgan fingerprint density at radius 1 is 1.07 bits per heavy atom. The van der Waals surface area contributed by atoms with Crippen LogP contribution < -0.4 is 10.0 Å². The zero-order valence-electron chi connectivity index (χ0n) is 16.8. The molecular formula is C22H27N3O3S. The predicted molar refractivity (Wildman–Crippen MR) is 115 cm³/mol. The largest absolute Gasteiger partial charge is 0.348 e. The number of benzene rings is 2. The second kappa shape index (κ2) is 10.8. The lowest BCUT2D eigenvalue weighted by atomic mass is 10.1. The molecule has 0 aromatic heterocycles. The molecule has 0 aliphatic heterocycles. The van der Waals surface area contributed by atoms with Gasteiger partial charge in [-0.15, -0.1) is 6.42 Å². The normalized spacial score (nSPS) is 11.2. The summed E-state index contributed by atoms with van der Waals surface area (Å²) in [4.78, 5) is 14.8. The van der Waals surface area contributed by atoms with Gasteiger partial charge in [0.05, 0.1) is 11.4 Å². The summed E-state index contributed by atoms with van der Waals surface area (Å²) >= 11 is 0. The molecule has 0 saturated carbocycles. The van der Waals surface area contributed by atoms with Crippen LogP contribution in [0.2, 0.25) is 0 Å². The Bertz CT molecular complexity index is 960. The molecule has 0 spiro atoms. The van der Waals surface area contributed by atoms with E-state index in [-0.39, 0.29) is 22.9 Å². The molecular weight excluding hydrogens is 386 g/mol. The predicted octanol–water partition coefficient (Wildman–Crippen LogP) is 2.37. The van der Waals surface area contributed by atoms with E-state index in [2.05, 4.69) is 46.8 Å². The van der Waals surface area contributed by atoms with Crippen molar-refractivity contribution >= 4 is 15.9 Å². The van der Waals surface area contributed by atoms with Crippen LogP contribution in [0, 0.1) is 12.3 Å². The lowest BCUT2D eigenvalue weighted by molar-refractivity contribution is 0.0950. The molecule has 7 heteroatoms. The third-order valence-electron chi connectivity index (χ3n) is 4.55. The average molecular weight is 414 g/mol. The van der Waals surface area contributed by atoms with Crippen LogP contribution in [0.4, 0.5) is 0 Å². The SMILES string of the molecule is C#CCNS(=O)(=O)c1cccc(C(=O)NCc2ccc(CN(CC)CC)cc2)c1. The number of hydrogen-bond acceptors (Lipinski definition) is 4. The summed E-state index contributed by atoms with van der Waals surface area (Å²) in [5.74, 6) is 1.88. The van der Waals surface area contributed by atoms with Crippen LogP contribution in [0.5, 0.6) is 0 Å². The van der Waals surface area contributed by atoms with Gasteiger partial charge in [0.2, 0.25) is 10.0 Å². The van der Waals surface area contributed by atoms with Gasteiger partial charge in [-0.2, -0.15) is 4.72 Å². The molecule has 154 valence electrons. The number of carbonyl (C=O) groups excluding carboxylic acids is 1. The van der Waals surface area contributed by atoms with Crippen molar-refractivity contribution < 1.29 is 13.2 Å². The number of nitrogens with one attached hydrogen (secondary N) is 2. The van der Waals surface area contributed by atoms with Crippen LogP contribution in [0.25, 0.3) is 0 Å². The van der Waals surface area contributed by atoms with Gasteiger partial charge in [-0.25, -0.2) is 8.42 Å². The molecule has 0 saturated heterocycles. The lowest BCUT2D eigenvalue weighted by Crippen LogP contribution is -2.26. The maximum absolute atomic E-state index is 12.4. The highest BCUT2D eigenvalue weighted by Crippen LogP contribution is 2.12. The molecule has 0 aliphatic carbocycles. The Kier molecular flexibility index (Phi) is 8.40. The summed E-state index contributed by atoms with van der Waals surface area (Å²) in [6.45, 7) is 7.43. The van der Waals surface area contributed by atoms with Crippen molar-refractivity contribution in [2.75, 3.05) is 19.6 Å². The van der Waals surface area contributed by atoms with Crippen molar-refractivity contribution in [2.45, 2.75) is 31.8 Å². The van der Waals surface area contributed by atoms with Crippen LogP contribution in [0.3, 0.4) is 0 Å². The minimum absolute atomic E-state index is 0.00107. The molecule has 1 amide bonds. The van der Waals surface area contributed by atoms with Crippen molar-refractivity contribution in [1.29, 1.82) is 0 Å². The van der Waals surface area contributed by atoms with Gasteiger partial charge in [-0.1, -0.05) is 50.1 Å². The van der Waals surface area contributed by atoms with E-state index in [1.54, 1.807) is 6.07 Å². The Morgan fingerprint density at radius 3 is 2.34 bits per heavy atom. The third kappa shape index (κ3) is 6.71. The molecule has 0 bridgehead atoms. The minimum atomic E-state index is -3.74. The maximum atomic E-state index is 12.4. The summed E-state index contributed by atoms with van der Waals surface area (Å²) in [7, 11) is -3.74. The van der Waals surface area contributed by atoms with Gasteiger partial charge in [0.25, 0.3) is 5.91 Å². The van der Waals surface area contributed by atoms with Crippen molar-refractivity contribution in [3.63, 3.8) is 0 Å². The van der Waals surface area contributed by atoms with E-state index in [0.717, 1.165) is 25.2 Å². The highest BCUT2D eigenvalue weighted by atomic mass is 32.2. The first-order chi connectivity index (χ1) is 13.9. The molecule has 0 radical (unpaired) electrons. The second-order valence-corrected chi connectivity index (χ2v) is 8.28. The van der Waals surface area contributed by atoms with Crippen LogP contribution in [-0.2, 0) is 23.1 Å². The monoisotopic (exact) mass is 413 g/mol. The van der Waals surface area contributed by atoms with Crippen LogP contribution >= 0.6 is 0 Å². The van der Waals surface area contributed by atoms with Gasteiger partial charge in [-0.05, 0) is 42.4 Å². The van der Waals surface area contributed by atoms with Gasteiger partial charge in [0, 0.05) is 18.7 Å². The number of nitrogens with zero attached hydrogens (tertiary/aromatic N) is 1. The van der Waals surface area contributed by atoms with E-state index in [1.165, 1.54) is 23.8 Å². The first-order valence-corrected chi connectivity index (χ1v) is 11.0. The van der Waals surface area contributed by atoms with E-state index in [4.69, 9.17) is 6.42 Å². The van der Waals surface area contributed by atoms with Crippen molar-refractivity contribution in [3.05, 3.63) is 65.2 Å². The first kappa shape index (κ1) is 22.6. The van der Waals surface area contributed by atoms with Gasteiger partial charge in [-0.3, -0.25) is 9.69 Å².